The molecule has 1 aromatic carbocycles. The average molecular weight is 242 g/mol. The van der Waals surface area contributed by atoms with Crippen LogP contribution in [0, 0.1) is 5.92 Å². The van der Waals surface area contributed by atoms with Gasteiger partial charge >= 0.3 is 0 Å². The molecule has 18 heavy (non-hydrogen) atoms. The molecule has 0 aromatic heterocycles. The van der Waals surface area contributed by atoms with E-state index in [4.69, 9.17) is 5.73 Å². The van der Waals surface area contributed by atoms with Gasteiger partial charge in [-0.15, -0.1) is 0 Å². The first-order valence-corrected chi connectivity index (χ1v) is 6.64. The Bertz CT molecular complexity index is 507. The second-order valence-corrected chi connectivity index (χ2v) is 5.08. The standard InChI is InChI=1S/C15H18N2O/c16-15(18)12-6-2-4-8-14(12)17-10-9-11-5-1-3-7-13(11)17/h2,4,6-8,11H,1,3,5,9-10H2,(H2,16,18). The summed E-state index contributed by atoms with van der Waals surface area (Å²) in [5, 5.41) is 0. The van der Waals surface area contributed by atoms with Crippen molar-refractivity contribution in [2.75, 3.05) is 11.4 Å². The Morgan fingerprint density at radius 2 is 2.11 bits per heavy atom. The van der Waals surface area contributed by atoms with Crippen molar-refractivity contribution in [2.24, 2.45) is 11.7 Å². The summed E-state index contributed by atoms with van der Waals surface area (Å²) in [5.41, 5.74) is 8.47. The number of para-hydroxylation sites is 1. The van der Waals surface area contributed by atoms with Gasteiger partial charge in [-0.05, 0) is 37.8 Å². The summed E-state index contributed by atoms with van der Waals surface area (Å²) in [4.78, 5) is 13.8. The van der Waals surface area contributed by atoms with Gasteiger partial charge in [-0.2, -0.15) is 0 Å². The molecule has 0 saturated carbocycles. The highest BCUT2D eigenvalue weighted by atomic mass is 16.1. The number of carbonyl (C=O) groups excluding carboxylic acids is 1. The Balaban J connectivity index is 2.01. The SMILES string of the molecule is NC(=O)c1ccccc1N1CCC2CCCC=C21. The maximum Gasteiger partial charge on any atom is 0.250 e. The first-order chi connectivity index (χ1) is 8.77. The highest BCUT2D eigenvalue weighted by molar-refractivity contribution is 5.99. The van der Waals surface area contributed by atoms with Crippen LogP contribution in [0.15, 0.2) is 36.0 Å². The summed E-state index contributed by atoms with van der Waals surface area (Å²) in [5.74, 6) is 0.338. The average Bonchev–Trinajstić information content (AvgIpc) is 2.82. The highest BCUT2D eigenvalue weighted by Crippen LogP contribution is 2.39. The topological polar surface area (TPSA) is 46.3 Å². The van der Waals surface area contributed by atoms with Crippen molar-refractivity contribution in [3.8, 4) is 0 Å². The number of nitrogens with zero attached hydrogens (tertiary/aromatic N) is 1. The van der Waals surface area contributed by atoms with E-state index in [1.54, 1.807) is 0 Å². The lowest BCUT2D eigenvalue weighted by molar-refractivity contribution is 0.100. The van der Waals surface area contributed by atoms with Crippen molar-refractivity contribution < 1.29 is 4.79 Å². The molecule has 2 aliphatic rings. The molecule has 94 valence electrons. The number of nitrogens with two attached hydrogens (primary N) is 1. The van der Waals surface area contributed by atoms with Crippen LogP contribution in [0.2, 0.25) is 0 Å². The molecule has 1 fully saturated rings. The summed E-state index contributed by atoms with van der Waals surface area (Å²) < 4.78 is 0. The zero-order chi connectivity index (χ0) is 12.5. The second kappa shape index (κ2) is 4.48. The van der Waals surface area contributed by atoms with Gasteiger partial charge in [0.2, 0.25) is 0 Å². The first kappa shape index (κ1) is 11.3. The van der Waals surface area contributed by atoms with E-state index < -0.39 is 0 Å². The van der Waals surface area contributed by atoms with Gasteiger partial charge in [0.05, 0.1) is 11.3 Å². The van der Waals surface area contributed by atoms with E-state index in [1.165, 1.54) is 25.0 Å². The molecule has 1 saturated heterocycles. The number of benzene rings is 1. The van der Waals surface area contributed by atoms with E-state index in [9.17, 15) is 4.79 Å². The predicted octanol–water partition coefficient (Wildman–Crippen LogP) is 2.68. The van der Waals surface area contributed by atoms with Gasteiger partial charge in [-0.25, -0.2) is 0 Å². The van der Waals surface area contributed by atoms with E-state index >= 15 is 0 Å². The molecule has 1 unspecified atom stereocenters. The smallest absolute Gasteiger partial charge is 0.250 e. The summed E-state index contributed by atoms with van der Waals surface area (Å²) in [6.45, 7) is 1.00. The molecule has 0 bridgehead atoms. The Labute approximate surface area is 107 Å². The molecule has 1 aliphatic carbocycles. The Kier molecular flexibility index (Phi) is 2.82. The van der Waals surface area contributed by atoms with Crippen LogP contribution in [-0.2, 0) is 0 Å². The lowest BCUT2D eigenvalue weighted by Gasteiger charge is -2.26. The van der Waals surface area contributed by atoms with Crippen LogP contribution < -0.4 is 10.6 Å². The van der Waals surface area contributed by atoms with Crippen LogP contribution in [0.25, 0.3) is 0 Å². The van der Waals surface area contributed by atoms with Crippen molar-refractivity contribution in [2.45, 2.75) is 25.7 Å². The van der Waals surface area contributed by atoms with Crippen LogP contribution in [0.1, 0.15) is 36.0 Å². The minimum absolute atomic E-state index is 0.342. The minimum atomic E-state index is -0.342. The van der Waals surface area contributed by atoms with Gasteiger partial charge in [0.15, 0.2) is 0 Å². The molecule has 0 radical (unpaired) electrons. The zero-order valence-corrected chi connectivity index (χ0v) is 10.4. The van der Waals surface area contributed by atoms with Gasteiger partial charge in [-0.3, -0.25) is 4.79 Å². The first-order valence-electron chi connectivity index (χ1n) is 6.64. The molecule has 1 amide bonds. The van der Waals surface area contributed by atoms with Crippen LogP contribution in [-0.4, -0.2) is 12.5 Å². The van der Waals surface area contributed by atoms with Gasteiger partial charge in [-0.1, -0.05) is 18.2 Å². The van der Waals surface area contributed by atoms with E-state index in [-0.39, 0.29) is 5.91 Å². The number of amides is 1. The van der Waals surface area contributed by atoms with Gasteiger partial charge in [0.25, 0.3) is 5.91 Å². The third kappa shape index (κ3) is 1.80. The van der Waals surface area contributed by atoms with Gasteiger partial charge < -0.3 is 10.6 Å². The van der Waals surface area contributed by atoms with Crippen molar-refractivity contribution in [3.63, 3.8) is 0 Å². The molecular formula is C15H18N2O. The largest absolute Gasteiger partial charge is 0.366 e. The van der Waals surface area contributed by atoms with E-state index in [1.807, 2.05) is 24.3 Å². The molecule has 3 heteroatoms. The van der Waals surface area contributed by atoms with Crippen LogP contribution in [0.5, 0.6) is 0 Å². The van der Waals surface area contributed by atoms with Crippen molar-refractivity contribution >= 4 is 11.6 Å². The molecule has 0 spiro atoms. The van der Waals surface area contributed by atoms with E-state index in [2.05, 4.69) is 11.0 Å². The van der Waals surface area contributed by atoms with Crippen molar-refractivity contribution in [1.82, 2.24) is 0 Å². The molecule has 3 rings (SSSR count). The number of fused-ring (bicyclic) bond motifs is 1. The lowest BCUT2D eigenvalue weighted by Crippen LogP contribution is -2.23. The van der Waals surface area contributed by atoms with Crippen LogP contribution in [0.4, 0.5) is 5.69 Å². The van der Waals surface area contributed by atoms with Crippen molar-refractivity contribution in [1.29, 1.82) is 0 Å². The Hall–Kier alpha value is -1.77. The van der Waals surface area contributed by atoms with Crippen LogP contribution >= 0.6 is 0 Å². The highest BCUT2D eigenvalue weighted by Gasteiger charge is 2.31. The van der Waals surface area contributed by atoms with Crippen molar-refractivity contribution in [3.05, 3.63) is 41.6 Å². The number of hydrogen-bond donors (Lipinski definition) is 1. The molecule has 1 aromatic rings. The number of carbonyl (C=O) groups is 1. The maximum absolute atomic E-state index is 11.5. The molecule has 3 nitrogen and oxygen atoms in total. The van der Waals surface area contributed by atoms with E-state index in [0.29, 0.717) is 11.5 Å². The number of hydrogen-bond acceptors (Lipinski definition) is 2. The Morgan fingerprint density at radius 3 is 2.94 bits per heavy atom. The molecule has 1 atom stereocenters. The van der Waals surface area contributed by atoms with Gasteiger partial charge in [0.1, 0.15) is 0 Å². The maximum atomic E-state index is 11.5. The fraction of sp³-hybridized carbons (Fsp3) is 0.400. The third-order valence-corrected chi connectivity index (χ3v) is 4.00. The summed E-state index contributed by atoms with van der Waals surface area (Å²) in [6.07, 6.45) is 7.25. The van der Waals surface area contributed by atoms with Gasteiger partial charge in [0, 0.05) is 18.2 Å². The fourth-order valence-electron chi connectivity index (χ4n) is 3.14. The summed E-state index contributed by atoms with van der Waals surface area (Å²) in [7, 11) is 0. The monoisotopic (exact) mass is 242 g/mol. The number of rotatable bonds is 2. The Morgan fingerprint density at radius 1 is 1.28 bits per heavy atom. The molecule has 2 N–H and O–H groups in total. The van der Waals surface area contributed by atoms with E-state index in [0.717, 1.165) is 18.7 Å². The predicted molar refractivity (Wildman–Crippen MR) is 72.3 cm³/mol. The minimum Gasteiger partial charge on any atom is -0.366 e. The number of allylic oxidation sites excluding steroid dienone is 2. The lowest BCUT2D eigenvalue weighted by atomic mass is 9.92. The molecule has 1 heterocycles. The summed E-state index contributed by atoms with van der Waals surface area (Å²) in [6, 6.07) is 7.65. The second-order valence-electron chi connectivity index (χ2n) is 5.08. The summed E-state index contributed by atoms with van der Waals surface area (Å²) >= 11 is 0. The molecule has 1 aliphatic heterocycles. The number of anilines is 1. The fourth-order valence-corrected chi connectivity index (χ4v) is 3.14. The quantitative estimate of drug-likeness (QED) is 0.866. The third-order valence-electron chi connectivity index (χ3n) is 4.00. The molecular weight excluding hydrogens is 224 g/mol. The zero-order valence-electron chi connectivity index (χ0n) is 10.4. The van der Waals surface area contributed by atoms with Crippen LogP contribution in [0.3, 0.4) is 0 Å². The normalized spacial score (nSPS) is 22.6. The number of primary amides is 1.